The maximum atomic E-state index is 6.72. The summed E-state index contributed by atoms with van der Waals surface area (Å²) < 4.78 is 19.9. The van der Waals surface area contributed by atoms with Crippen molar-refractivity contribution in [2.45, 2.75) is 19.1 Å². The van der Waals surface area contributed by atoms with E-state index in [1.54, 1.807) is 20.5 Å². The maximum absolute atomic E-state index is 6.72. The fraction of sp³-hybridized carbons (Fsp3) is 0.185. The Labute approximate surface area is 197 Å². The SMILES string of the molecule is COc1ccc(C2Oc3ccc(C)cc3C3=C2C(c2ccccc2)n2ncnc2N3)c(OC)c1. The molecule has 0 bridgehead atoms. The smallest absolute Gasteiger partial charge is 0.226 e. The third-order valence-corrected chi connectivity index (χ3v) is 6.41. The first-order valence-electron chi connectivity index (χ1n) is 11.1. The Bertz CT molecular complexity index is 1410. The van der Waals surface area contributed by atoms with Crippen LogP contribution in [0.4, 0.5) is 5.95 Å². The van der Waals surface area contributed by atoms with Crippen LogP contribution in [-0.2, 0) is 0 Å². The molecular weight excluding hydrogens is 428 g/mol. The van der Waals surface area contributed by atoms with Crippen LogP contribution in [-0.4, -0.2) is 29.0 Å². The Morgan fingerprint density at radius 3 is 2.62 bits per heavy atom. The first-order valence-corrected chi connectivity index (χ1v) is 11.1. The van der Waals surface area contributed by atoms with Crippen molar-refractivity contribution in [3.63, 3.8) is 0 Å². The van der Waals surface area contributed by atoms with E-state index in [2.05, 4.69) is 46.6 Å². The molecular formula is C27H24N4O3. The maximum Gasteiger partial charge on any atom is 0.226 e. The molecule has 2 unspecified atom stereocenters. The van der Waals surface area contributed by atoms with Gasteiger partial charge >= 0.3 is 0 Å². The molecule has 2 aliphatic heterocycles. The highest BCUT2D eigenvalue weighted by molar-refractivity contribution is 5.85. The number of hydrogen-bond acceptors (Lipinski definition) is 6. The van der Waals surface area contributed by atoms with Crippen LogP contribution in [0, 0.1) is 6.92 Å². The van der Waals surface area contributed by atoms with Gasteiger partial charge in [-0.2, -0.15) is 10.1 Å². The minimum absolute atomic E-state index is 0.208. The molecule has 1 N–H and O–H groups in total. The van der Waals surface area contributed by atoms with E-state index >= 15 is 0 Å². The van der Waals surface area contributed by atoms with Crippen LogP contribution in [0.3, 0.4) is 0 Å². The van der Waals surface area contributed by atoms with Gasteiger partial charge in [0.2, 0.25) is 5.95 Å². The summed E-state index contributed by atoms with van der Waals surface area (Å²) in [6.07, 6.45) is 1.17. The summed E-state index contributed by atoms with van der Waals surface area (Å²) in [5.41, 5.74) is 6.20. The predicted molar refractivity (Wildman–Crippen MR) is 129 cm³/mol. The number of aromatic nitrogens is 3. The lowest BCUT2D eigenvalue weighted by Crippen LogP contribution is -2.32. The van der Waals surface area contributed by atoms with Crippen LogP contribution >= 0.6 is 0 Å². The summed E-state index contributed by atoms with van der Waals surface area (Å²) in [6.45, 7) is 2.08. The van der Waals surface area contributed by atoms with Crippen molar-refractivity contribution in [1.82, 2.24) is 14.8 Å². The van der Waals surface area contributed by atoms with Gasteiger partial charge in [0, 0.05) is 22.8 Å². The van der Waals surface area contributed by atoms with Crippen molar-refractivity contribution < 1.29 is 14.2 Å². The third kappa shape index (κ3) is 3.12. The van der Waals surface area contributed by atoms with Crippen molar-refractivity contribution in [2.75, 3.05) is 19.5 Å². The summed E-state index contributed by atoms with van der Waals surface area (Å²) in [5.74, 6) is 2.92. The van der Waals surface area contributed by atoms with Crippen LogP contribution in [0.15, 0.2) is 78.6 Å². The van der Waals surface area contributed by atoms with Crippen molar-refractivity contribution in [2.24, 2.45) is 0 Å². The molecule has 4 aromatic rings. The number of ether oxygens (including phenoxy) is 3. The van der Waals surface area contributed by atoms with Crippen LogP contribution in [0.5, 0.6) is 17.2 Å². The highest BCUT2D eigenvalue weighted by Gasteiger charge is 2.41. The Morgan fingerprint density at radius 1 is 0.971 bits per heavy atom. The molecule has 0 amide bonds. The molecule has 6 rings (SSSR count). The van der Waals surface area contributed by atoms with Gasteiger partial charge in [-0.1, -0.05) is 42.0 Å². The number of methoxy groups -OCH3 is 2. The average Bonchev–Trinajstić information content (AvgIpc) is 3.35. The summed E-state index contributed by atoms with van der Waals surface area (Å²) >= 11 is 0. The fourth-order valence-electron chi connectivity index (χ4n) is 4.83. The number of rotatable bonds is 4. The Balaban J connectivity index is 1.64. The molecule has 0 radical (unpaired) electrons. The molecule has 2 atom stereocenters. The number of hydrogen-bond donors (Lipinski definition) is 1. The number of nitrogens with one attached hydrogen (secondary N) is 1. The van der Waals surface area contributed by atoms with E-state index in [9.17, 15) is 0 Å². The number of benzene rings is 3. The van der Waals surface area contributed by atoms with Gasteiger partial charge in [-0.05, 0) is 36.8 Å². The van der Waals surface area contributed by atoms with E-state index in [0.717, 1.165) is 45.0 Å². The Hall–Kier alpha value is -4.26. The number of nitrogens with zero attached hydrogens (tertiary/aromatic N) is 3. The molecule has 3 aromatic carbocycles. The van der Waals surface area contributed by atoms with E-state index < -0.39 is 6.10 Å². The second-order valence-corrected chi connectivity index (χ2v) is 8.40. The summed E-state index contributed by atoms with van der Waals surface area (Å²) in [5, 5.41) is 8.12. The minimum Gasteiger partial charge on any atom is -0.497 e. The molecule has 2 aliphatic rings. The summed E-state index contributed by atoms with van der Waals surface area (Å²) in [7, 11) is 3.31. The lowest BCUT2D eigenvalue weighted by atomic mass is 9.84. The molecule has 0 fully saturated rings. The second-order valence-electron chi connectivity index (χ2n) is 8.40. The molecule has 0 saturated heterocycles. The third-order valence-electron chi connectivity index (χ3n) is 6.41. The predicted octanol–water partition coefficient (Wildman–Crippen LogP) is 5.16. The van der Waals surface area contributed by atoms with Gasteiger partial charge in [-0.15, -0.1) is 0 Å². The minimum atomic E-state index is -0.416. The molecule has 0 saturated carbocycles. The molecule has 34 heavy (non-hydrogen) atoms. The highest BCUT2D eigenvalue weighted by Crippen LogP contribution is 2.52. The molecule has 1 aromatic heterocycles. The standard InChI is InChI=1S/C27H24N4O3/c1-16-9-12-21-20(13-16)24-23(26(34-21)19-11-10-18(32-2)14-22(19)33-3)25(17-7-5-4-6-8-17)31-27(30-24)28-15-29-31/h4-15,25-26H,1-3H3,(H,28,29,30). The van der Waals surface area contributed by atoms with E-state index in [-0.39, 0.29) is 6.04 Å². The van der Waals surface area contributed by atoms with Gasteiger partial charge in [0.25, 0.3) is 0 Å². The van der Waals surface area contributed by atoms with E-state index in [4.69, 9.17) is 14.2 Å². The van der Waals surface area contributed by atoms with Gasteiger partial charge in [0.15, 0.2) is 6.10 Å². The van der Waals surface area contributed by atoms with Crippen molar-refractivity contribution in [3.05, 3.63) is 101 Å². The van der Waals surface area contributed by atoms with Gasteiger partial charge in [0.1, 0.15) is 29.6 Å². The molecule has 0 aliphatic carbocycles. The van der Waals surface area contributed by atoms with Crippen molar-refractivity contribution in [3.8, 4) is 17.2 Å². The van der Waals surface area contributed by atoms with Gasteiger partial charge < -0.3 is 19.5 Å². The number of anilines is 1. The molecule has 0 spiro atoms. The van der Waals surface area contributed by atoms with Gasteiger partial charge in [-0.25, -0.2) is 4.68 Å². The average molecular weight is 453 g/mol. The first kappa shape index (κ1) is 20.4. The van der Waals surface area contributed by atoms with Crippen LogP contribution in [0.1, 0.15) is 34.4 Å². The quantitative estimate of drug-likeness (QED) is 0.461. The summed E-state index contributed by atoms with van der Waals surface area (Å²) in [4.78, 5) is 4.50. The van der Waals surface area contributed by atoms with Crippen LogP contribution in [0.25, 0.3) is 5.70 Å². The highest BCUT2D eigenvalue weighted by atomic mass is 16.5. The van der Waals surface area contributed by atoms with E-state index in [1.165, 1.54) is 0 Å². The zero-order valence-electron chi connectivity index (χ0n) is 19.1. The van der Waals surface area contributed by atoms with Crippen molar-refractivity contribution >= 4 is 11.6 Å². The number of fused-ring (bicyclic) bond motifs is 3. The van der Waals surface area contributed by atoms with E-state index in [0.29, 0.717) is 11.7 Å². The second kappa shape index (κ2) is 7.95. The Kier molecular flexibility index (Phi) is 4.76. The van der Waals surface area contributed by atoms with E-state index in [1.807, 2.05) is 47.1 Å². The summed E-state index contributed by atoms with van der Waals surface area (Å²) in [6, 6.07) is 22.2. The zero-order valence-corrected chi connectivity index (χ0v) is 19.1. The lowest BCUT2D eigenvalue weighted by molar-refractivity contribution is 0.217. The zero-order chi connectivity index (χ0) is 23.2. The molecule has 170 valence electrons. The molecule has 3 heterocycles. The molecule has 7 nitrogen and oxygen atoms in total. The van der Waals surface area contributed by atoms with Crippen molar-refractivity contribution in [1.29, 1.82) is 0 Å². The largest absolute Gasteiger partial charge is 0.497 e. The van der Waals surface area contributed by atoms with Crippen LogP contribution < -0.4 is 19.5 Å². The monoisotopic (exact) mass is 452 g/mol. The fourth-order valence-corrected chi connectivity index (χ4v) is 4.83. The Morgan fingerprint density at radius 2 is 1.82 bits per heavy atom. The van der Waals surface area contributed by atoms with Gasteiger partial charge in [-0.3, -0.25) is 0 Å². The van der Waals surface area contributed by atoms with Gasteiger partial charge in [0.05, 0.1) is 19.9 Å². The topological polar surface area (TPSA) is 70.4 Å². The first-order chi connectivity index (χ1) is 16.7. The normalized spacial score (nSPS) is 18.2. The lowest BCUT2D eigenvalue weighted by Gasteiger charge is -2.39. The molecule has 7 heteroatoms. The van der Waals surface area contributed by atoms with Crippen LogP contribution in [0.2, 0.25) is 0 Å². The number of aryl methyl sites for hydroxylation is 1.